The Morgan fingerprint density at radius 3 is 2.88 bits per heavy atom. The van der Waals surface area contributed by atoms with E-state index in [1.54, 1.807) is 13.3 Å². The van der Waals surface area contributed by atoms with Gasteiger partial charge in [0.1, 0.15) is 0 Å². The second-order valence-electron chi connectivity index (χ2n) is 4.57. The number of halogens is 1. The first-order chi connectivity index (χ1) is 7.63. The molecular formula is C11H16BrN3O. The van der Waals surface area contributed by atoms with Gasteiger partial charge in [-0.05, 0) is 34.2 Å². The molecule has 0 saturated heterocycles. The average molecular weight is 286 g/mol. The molecule has 1 fully saturated rings. The van der Waals surface area contributed by atoms with E-state index in [4.69, 9.17) is 4.74 Å². The molecule has 1 aromatic heterocycles. The molecule has 1 heterocycles. The van der Waals surface area contributed by atoms with E-state index < -0.39 is 0 Å². The van der Waals surface area contributed by atoms with E-state index in [9.17, 15) is 0 Å². The summed E-state index contributed by atoms with van der Waals surface area (Å²) < 4.78 is 5.89. The molecule has 0 radical (unpaired) electrons. The van der Waals surface area contributed by atoms with Crippen molar-refractivity contribution in [3.05, 3.63) is 10.7 Å². The van der Waals surface area contributed by atoms with Gasteiger partial charge in [0.05, 0.1) is 17.8 Å². The van der Waals surface area contributed by atoms with Gasteiger partial charge in [-0.2, -0.15) is 4.98 Å². The molecule has 16 heavy (non-hydrogen) atoms. The van der Waals surface area contributed by atoms with Gasteiger partial charge >= 0.3 is 0 Å². The Morgan fingerprint density at radius 2 is 2.31 bits per heavy atom. The zero-order chi connectivity index (χ0) is 11.6. The Bertz CT molecular complexity index is 379. The lowest BCUT2D eigenvalue weighted by molar-refractivity contribution is 0.179. The van der Waals surface area contributed by atoms with Crippen molar-refractivity contribution < 1.29 is 4.74 Å². The van der Waals surface area contributed by atoms with Crippen LogP contribution in [0.4, 0.5) is 5.95 Å². The molecule has 1 aromatic rings. The summed E-state index contributed by atoms with van der Waals surface area (Å²) in [5.74, 6) is 1.20. The molecule has 5 heteroatoms. The van der Waals surface area contributed by atoms with Crippen molar-refractivity contribution in [2.75, 3.05) is 19.0 Å². The minimum absolute atomic E-state index is 0.420. The lowest BCUT2D eigenvalue weighted by atomic mass is 9.70. The van der Waals surface area contributed by atoms with Gasteiger partial charge in [-0.25, -0.2) is 4.98 Å². The molecule has 0 unspecified atom stereocenters. The smallest absolute Gasteiger partial charge is 0.232 e. The maximum Gasteiger partial charge on any atom is 0.232 e. The maximum atomic E-state index is 5.12. The Kier molecular flexibility index (Phi) is 3.33. The second-order valence-corrected chi connectivity index (χ2v) is 5.42. The molecule has 0 atom stereocenters. The van der Waals surface area contributed by atoms with E-state index in [-0.39, 0.29) is 0 Å². The van der Waals surface area contributed by atoms with Crippen LogP contribution in [0.1, 0.15) is 26.2 Å². The Hall–Kier alpha value is -0.840. The van der Waals surface area contributed by atoms with Gasteiger partial charge < -0.3 is 10.1 Å². The van der Waals surface area contributed by atoms with Crippen LogP contribution in [0.25, 0.3) is 0 Å². The van der Waals surface area contributed by atoms with Crippen molar-refractivity contribution in [1.82, 2.24) is 9.97 Å². The third-order valence-corrected chi connectivity index (χ3v) is 3.68. The summed E-state index contributed by atoms with van der Waals surface area (Å²) in [5, 5.41) is 3.27. The quantitative estimate of drug-likeness (QED) is 0.924. The van der Waals surface area contributed by atoms with Crippen LogP contribution in [-0.2, 0) is 0 Å². The topological polar surface area (TPSA) is 47.0 Å². The van der Waals surface area contributed by atoms with Crippen LogP contribution >= 0.6 is 15.9 Å². The highest BCUT2D eigenvalue weighted by molar-refractivity contribution is 9.10. The number of hydrogen-bond acceptors (Lipinski definition) is 4. The Balaban J connectivity index is 1.98. The number of ether oxygens (including phenoxy) is 1. The maximum absolute atomic E-state index is 5.12. The highest BCUT2D eigenvalue weighted by Crippen LogP contribution is 2.40. The molecule has 0 bridgehead atoms. The third-order valence-electron chi connectivity index (χ3n) is 3.14. The van der Waals surface area contributed by atoms with E-state index in [0.29, 0.717) is 17.2 Å². The van der Waals surface area contributed by atoms with Gasteiger partial charge in [-0.15, -0.1) is 0 Å². The normalized spacial score (nSPS) is 17.7. The highest BCUT2D eigenvalue weighted by Gasteiger charge is 2.31. The fraction of sp³-hybridized carbons (Fsp3) is 0.636. The van der Waals surface area contributed by atoms with E-state index in [1.165, 1.54) is 19.3 Å². The van der Waals surface area contributed by atoms with E-state index >= 15 is 0 Å². The summed E-state index contributed by atoms with van der Waals surface area (Å²) in [7, 11) is 1.60. The monoisotopic (exact) mass is 285 g/mol. The molecular weight excluding hydrogens is 270 g/mol. The van der Waals surface area contributed by atoms with Crippen LogP contribution in [0.5, 0.6) is 5.88 Å². The third kappa shape index (κ3) is 2.45. The highest BCUT2D eigenvalue weighted by atomic mass is 79.9. The lowest BCUT2D eigenvalue weighted by Gasteiger charge is -2.38. The molecule has 88 valence electrons. The summed E-state index contributed by atoms with van der Waals surface area (Å²) in [6.45, 7) is 3.22. The molecule has 1 aliphatic carbocycles. The van der Waals surface area contributed by atoms with Crippen LogP contribution in [-0.4, -0.2) is 23.6 Å². The van der Waals surface area contributed by atoms with Crippen molar-refractivity contribution in [3.63, 3.8) is 0 Å². The van der Waals surface area contributed by atoms with E-state index in [1.807, 2.05) is 0 Å². The Labute approximate surface area is 104 Å². The van der Waals surface area contributed by atoms with Crippen LogP contribution in [0.15, 0.2) is 10.7 Å². The van der Waals surface area contributed by atoms with Crippen molar-refractivity contribution in [3.8, 4) is 5.88 Å². The molecule has 2 rings (SSSR count). The largest absolute Gasteiger partial charge is 0.480 e. The predicted octanol–water partition coefficient (Wildman–Crippen LogP) is 2.85. The standard InChI is InChI=1S/C11H16BrN3O/c1-11(4-3-5-11)7-14-10-13-6-8(12)9(15-10)16-2/h6H,3-5,7H2,1-2H3,(H,13,14,15). The molecule has 0 spiro atoms. The SMILES string of the molecule is COc1nc(NCC2(C)CCC2)ncc1Br. The summed E-state index contributed by atoms with van der Waals surface area (Å²) in [5.41, 5.74) is 0.420. The summed E-state index contributed by atoms with van der Waals surface area (Å²) in [6.07, 6.45) is 5.61. The molecule has 1 aliphatic rings. The fourth-order valence-corrected chi connectivity index (χ4v) is 2.18. The second kappa shape index (κ2) is 4.57. The van der Waals surface area contributed by atoms with Crippen LogP contribution in [0, 0.1) is 5.41 Å². The zero-order valence-electron chi connectivity index (χ0n) is 9.59. The van der Waals surface area contributed by atoms with Crippen molar-refractivity contribution in [1.29, 1.82) is 0 Å². The van der Waals surface area contributed by atoms with Gasteiger partial charge in [-0.3, -0.25) is 0 Å². The number of nitrogens with one attached hydrogen (secondary N) is 1. The molecule has 1 saturated carbocycles. The number of anilines is 1. The van der Waals surface area contributed by atoms with Gasteiger partial charge in [-0.1, -0.05) is 13.3 Å². The van der Waals surface area contributed by atoms with Gasteiger partial charge in [0.25, 0.3) is 0 Å². The van der Waals surface area contributed by atoms with Gasteiger partial charge in [0, 0.05) is 6.54 Å². The number of hydrogen-bond donors (Lipinski definition) is 1. The van der Waals surface area contributed by atoms with Crippen molar-refractivity contribution in [2.45, 2.75) is 26.2 Å². The van der Waals surface area contributed by atoms with Crippen molar-refractivity contribution in [2.24, 2.45) is 5.41 Å². The number of methoxy groups -OCH3 is 1. The zero-order valence-corrected chi connectivity index (χ0v) is 11.2. The lowest BCUT2D eigenvalue weighted by Crippen LogP contribution is -2.33. The predicted molar refractivity (Wildman–Crippen MR) is 66.7 cm³/mol. The minimum Gasteiger partial charge on any atom is -0.480 e. The number of aromatic nitrogens is 2. The molecule has 4 nitrogen and oxygen atoms in total. The first-order valence-electron chi connectivity index (χ1n) is 5.43. The van der Waals surface area contributed by atoms with Gasteiger partial charge in [0.2, 0.25) is 11.8 Å². The number of nitrogens with zero attached hydrogens (tertiary/aromatic N) is 2. The van der Waals surface area contributed by atoms with E-state index in [0.717, 1.165) is 11.0 Å². The molecule has 0 aliphatic heterocycles. The molecule has 0 amide bonds. The first-order valence-corrected chi connectivity index (χ1v) is 6.23. The molecule has 0 aromatic carbocycles. The van der Waals surface area contributed by atoms with Gasteiger partial charge in [0.15, 0.2) is 0 Å². The minimum atomic E-state index is 0.420. The fourth-order valence-electron chi connectivity index (χ4n) is 1.83. The summed E-state index contributed by atoms with van der Waals surface area (Å²) in [6, 6.07) is 0. The van der Waals surface area contributed by atoms with Crippen LogP contribution in [0.3, 0.4) is 0 Å². The van der Waals surface area contributed by atoms with Crippen LogP contribution in [0.2, 0.25) is 0 Å². The van der Waals surface area contributed by atoms with Crippen molar-refractivity contribution >= 4 is 21.9 Å². The molecule has 1 N–H and O–H groups in total. The summed E-state index contributed by atoms with van der Waals surface area (Å²) >= 11 is 3.33. The number of rotatable bonds is 4. The van der Waals surface area contributed by atoms with E-state index in [2.05, 4.69) is 38.1 Å². The average Bonchev–Trinajstić information content (AvgIpc) is 2.25. The first kappa shape index (κ1) is 11.6. The summed E-state index contributed by atoms with van der Waals surface area (Å²) in [4.78, 5) is 8.46. The Morgan fingerprint density at radius 1 is 1.56 bits per heavy atom. The van der Waals surface area contributed by atoms with Crippen LogP contribution < -0.4 is 10.1 Å².